The van der Waals surface area contributed by atoms with E-state index in [1.165, 1.54) is 0 Å². The van der Waals surface area contributed by atoms with Crippen molar-refractivity contribution in [2.24, 2.45) is 0 Å². The molecule has 0 aliphatic carbocycles. The van der Waals surface area contributed by atoms with Crippen molar-refractivity contribution in [3.63, 3.8) is 0 Å². The van der Waals surface area contributed by atoms with Crippen LogP contribution in [0.4, 0.5) is 0 Å². The van der Waals surface area contributed by atoms with Crippen molar-refractivity contribution in [1.29, 1.82) is 0 Å². The Bertz CT molecular complexity index is 1100. The number of hydrogen-bond acceptors (Lipinski definition) is 6. The molecule has 1 aliphatic heterocycles. The zero-order valence-corrected chi connectivity index (χ0v) is 25.9. The van der Waals surface area contributed by atoms with Crippen LogP contribution in [0.25, 0.3) is 0 Å². The smallest absolute Gasteiger partial charge is 0.192 e. The van der Waals surface area contributed by atoms with E-state index in [4.69, 9.17) is 28.1 Å². The van der Waals surface area contributed by atoms with Gasteiger partial charge in [0.2, 0.25) is 0 Å². The van der Waals surface area contributed by atoms with E-state index in [0.717, 1.165) is 34.8 Å². The summed E-state index contributed by atoms with van der Waals surface area (Å²) < 4.78 is 39.1. The van der Waals surface area contributed by atoms with Gasteiger partial charge in [0, 0.05) is 7.11 Å². The lowest BCUT2D eigenvalue weighted by molar-refractivity contribution is -0.320. The molecular weight excluding hydrogens is 532 g/mol. The van der Waals surface area contributed by atoms with E-state index in [9.17, 15) is 0 Å². The molecule has 1 aliphatic rings. The van der Waals surface area contributed by atoms with E-state index < -0.39 is 32.9 Å². The average molecular weight is 579 g/mol. The van der Waals surface area contributed by atoms with E-state index in [2.05, 4.69) is 57.2 Å². The lowest BCUT2D eigenvalue weighted by Gasteiger charge is -2.46. The van der Waals surface area contributed by atoms with Crippen LogP contribution in [0.5, 0.6) is 0 Å². The summed E-state index contributed by atoms with van der Waals surface area (Å²) in [7, 11) is -0.211. The highest BCUT2D eigenvalue weighted by molar-refractivity contribution is 6.73. The van der Waals surface area contributed by atoms with Crippen LogP contribution in [0.1, 0.15) is 37.5 Å². The van der Waals surface area contributed by atoms with Gasteiger partial charge in [0.15, 0.2) is 14.6 Å². The predicted octanol–water partition coefficient (Wildman–Crippen LogP) is 7.14. The third-order valence-electron chi connectivity index (χ3n) is 8.17. The zero-order chi connectivity index (χ0) is 28.9. The quantitative estimate of drug-likeness (QED) is 0.169. The molecule has 222 valence electrons. The first kappa shape index (κ1) is 31.6. The Morgan fingerprint density at radius 2 is 1.00 bits per heavy atom. The van der Waals surface area contributed by atoms with Gasteiger partial charge >= 0.3 is 0 Å². The minimum atomic E-state index is -1.87. The van der Waals surface area contributed by atoms with Gasteiger partial charge in [0.05, 0.1) is 26.4 Å². The summed E-state index contributed by atoms with van der Waals surface area (Å²) in [5, 5.41) is 0. The van der Waals surface area contributed by atoms with Crippen LogP contribution in [0.2, 0.25) is 18.1 Å². The Balaban J connectivity index is 1.63. The highest BCUT2D eigenvalue weighted by Crippen LogP contribution is 2.32. The molecule has 0 saturated carbocycles. The van der Waals surface area contributed by atoms with Gasteiger partial charge in [0.25, 0.3) is 0 Å². The number of methoxy groups -OCH3 is 1. The Morgan fingerprint density at radius 1 is 0.585 bits per heavy atom. The van der Waals surface area contributed by atoms with E-state index in [0.29, 0.717) is 26.4 Å². The maximum absolute atomic E-state index is 6.75. The molecule has 3 aromatic rings. The molecule has 0 aromatic heterocycles. The van der Waals surface area contributed by atoms with Gasteiger partial charge in [-0.25, -0.2) is 0 Å². The molecule has 0 radical (unpaired) electrons. The van der Waals surface area contributed by atoms with Crippen LogP contribution in [-0.4, -0.2) is 52.7 Å². The maximum Gasteiger partial charge on any atom is 0.192 e. The molecule has 1 heterocycles. The van der Waals surface area contributed by atoms with Crippen molar-refractivity contribution in [3.05, 3.63) is 108 Å². The molecule has 0 N–H and O–H groups in total. The van der Waals surface area contributed by atoms with Crippen LogP contribution in [0, 0.1) is 0 Å². The van der Waals surface area contributed by atoms with E-state index >= 15 is 0 Å². The fourth-order valence-corrected chi connectivity index (χ4v) is 8.01. The highest BCUT2D eigenvalue weighted by atomic mass is 28.4. The van der Waals surface area contributed by atoms with Gasteiger partial charge < -0.3 is 28.1 Å². The minimum absolute atomic E-state index is 0.377. The number of hydrogen-bond donors (Lipinski definition) is 0. The van der Waals surface area contributed by atoms with Crippen molar-refractivity contribution in [2.45, 2.75) is 89.4 Å². The second-order valence-corrected chi connectivity index (χ2v) is 15.4. The zero-order valence-electron chi connectivity index (χ0n) is 24.9. The van der Waals surface area contributed by atoms with Gasteiger partial charge in [-0.2, -0.15) is 0 Å². The Morgan fingerprint density at radius 3 is 1.41 bits per heavy atom. The largest absolute Gasteiger partial charge is 0.414 e. The molecule has 0 unspecified atom stereocenters. The van der Waals surface area contributed by atoms with Crippen molar-refractivity contribution < 1.29 is 28.1 Å². The second-order valence-electron chi connectivity index (χ2n) is 10.6. The molecule has 6 nitrogen and oxygen atoms in total. The normalized spacial score (nSPS) is 23.0. The van der Waals surface area contributed by atoms with E-state index in [-0.39, 0.29) is 6.10 Å². The summed E-state index contributed by atoms with van der Waals surface area (Å²) in [5.41, 5.74) is 3.24. The molecule has 0 bridgehead atoms. The Labute approximate surface area is 247 Å². The fraction of sp³-hybridized carbons (Fsp3) is 0.471. The van der Waals surface area contributed by atoms with Crippen molar-refractivity contribution in [1.82, 2.24) is 0 Å². The Kier molecular flexibility index (Phi) is 12.6. The number of ether oxygens (including phenoxy) is 5. The molecule has 41 heavy (non-hydrogen) atoms. The molecule has 1 fully saturated rings. The van der Waals surface area contributed by atoms with Crippen molar-refractivity contribution >= 4 is 8.32 Å². The van der Waals surface area contributed by atoms with Gasteiger partial charge in [-0.15, -0.1) is 0 Å². The third kappa shape index (κ3) is 8.81. The van der Waals surface area contributed by atoms with E-state index in [1.807, 2.05) is 54.6 Å². The third-order valence-corrected chi connectivity index (χ3v) is 12.8. The molecule has 0 amide bonds. The van der Waals surface area contributed by atoms with Crippen LogP contribution >= 0.6 is 0 Å². The first-order chi connectivity index (χ1) is 20.1. The van der Waals surface area contributed by atoms with Crippen LogP contribution in [0.15, 0.2) is 91.0 Å². The minimum Gasteiger partial charge on any atom is -0.414 e. The monoisotopic (exact) mass is 578 g/mol. The Hall–Kier alpha value is -2.36. The SMILES string of the molecule is CC[Si](CC)(CC)OC[C@H]1O[C@H](OC)[C@@H](OCc2ccccc2)[C@@H](OCc2ccccc2)[C@@H]1OCc1ccccc1. The van der Waals surface area contributed by atoms with Crippen LogP contribution < -0.4 is 0 Å². The molecule has 1 saturated heterocycles. The highest BCUT2D eigenvalue weighted by Gasteiger charge is 2.49. The first-order valence-electron chi connectivity index (χ1n) is 14.9. The topological polar surface area (TPSA) is 55.4 Å². The second kappa shape index (κ2) is 16.3. The molecule has 0 spiro atoms. The molecule has 7 heteroatoms. The summed E-state index contributed by atoms with van der Waals surface area (Å²) in [6, 6.07) is 33.7. The first-order valence-corrected chi connectivity index (χ1v) is 17.4. The van der Waals surface area contributed by atoms with Crippen molar-refractivity contribution in [2.75, 3.05) is 13.7 Å². The van der Waals surface area contributed by atoms with Crippen LogP contribution in [-0.2, 0) is 47.9 Å². The summed E-state index contributed by atoms with van der Waals surface area (Å²) in [4.78, 5) is 0. The van der Waals surface area contributed by atoms with Gasteiger partial charge in [0.1, 0.15) is 24.4 Å². The van der Waals surface area contributed by atoms with Crippen LogP contribution in [0.3, 0.4) is 0 Å². The summed E-state index contributed by atoms with van der Waals surface area (Å²) in [6.45, 7) is 8.40. The molecule has 3 aromatic carbocycles. The average Bonchev–Trinajstić information content (AvgIpc) is 3.04. The summed E-state index contributed by atoms with van der Waals surface area (Å²) >= 11 is 0. The van der Waals surface area contributed by atoms with Gasteiger partial charge in [-0.3, -0.25) is 0 Å². The fourth-order valence-electron chi connectivity index (χ4n) is 5.38. The van der Waals surface area contributed by atoms with Crippen molar-refractivity contribution in [3.8, 4) is 0 Å². The lowest BCUT2D eigenvalue weighted by Crippen LogP contribution is -2.62. The summed E-state index contributed by atoms with van der Waals surface area (Å²) in [5.74, 6) is 0. The summed E-state index contributed by atoms with van der Waals surface area (Å²) in [6.07, 6.45) is -2.39. The van der Waals surface area contributed by atoms with Gasteiger partial charge in [-0.1, -0.05) is 112 Å². The van der Waals surface area contributed by atoms with E-state index in [1.54, 1.807) is 7.11 Å². The maximum atomic E-state index is 6.75. The van der Waals surface area contributed by atoms with Gasteiger partial charge in [-0.05, 0) is 34.8 Å². The number of benzene rings is 3. The number of rotatable bonds is 16. The predicted molar refractivity (Wildman–Crippen MR) is 164 cm³/mol. The standard InChI is InChI=1S/C34H46O6Si/c1-5-41(6-2,7-3)39-26-30-31(36-23-27-17-11-8-12-18-27)32(37-24-28-19-13-9-14-20-28)33(34(35-4)40-30)38-25-29-21-15-10-16-22-29/h8-22,30-34H,5-7,23-26H2,1-4H3/t30-,31-,32+,33+,34+/m1/s1. The molecular formula is C34H46O6Si. The lowest BCUT2D eigenvalue weighted by atomic mass is 9.98. The molecule has 4 rings (SSSR count). The molecule has 5 atom stereocenters.